The number of ether oxygens (including phenoxy) is 1. The molecule has 1 unspecified atom stereocenters. The second kappa shape index (κ2) is 4.02. The van der Waals surface area contributed by atoms with E-state index >= 15 is 0 Å². The van der Waals surface area contributed by atoms with Crippen LogP contribution in [0.3, 0.4) is 0 Å². The Morgan fingerprint density at radius 2 is 2.00 bits per heavy atom. The van der Waals surface area contributed by atoms with E-state index in [9.17, 15) is 4.79 Å². The summed E-state index contributed by atoms with van der Waals surface area (Å²) in [6.07, 6.45) is 3.15. The molecule has 1 aromatic rings. The maximum atomic E-state index is 11.3. The monoisotopic (exact) mass is 216 g/mol. The van der Waals surface area contributed by atoms with Crippen molar-refractivity contribution in [2.75, 3.05) is 0 Å². The van der Waals surface area contributed by atoms with E-state index in [1.165, 1.54) is 5.56 Å². The highest BCUT2D eigenvalue weighted by atomic mass is 16.5. The van der Waals surface area contributed by atoms with Crippen molar-refractivity contribution in [3.63, 3.8) is 0 Å². The van der Waals surface area contributed by atoms with Gasteiger partial charge in [0.2, 0.25) is 0 Å². The van der Waals surface area contributed by atoms with Gasteiger partial charge in [0.15, 0.2) is 0 Å². The molecule has 2 aliphatic carbocycles. The summed E-state index contributed by atoms with van der Waals surface area (Å²) >= 11 is 0. The highest BCUT2D eigenvalue weighted by Gasteiger charge is 2.47. The fraction of sp³-hybridized carbons (Fsp3) is 0.500. The molecule has 2 aliphatic rings. The quantitative estimate of drug-likeness (QED) is 0.776. The smallest absolute Gasteiger partial charge is 0.136 e. The molecule has 3 rings (SSSR count). The molecule has 0 amide bonds. The van der Waals surface area contributed by atoms with E-state index < -0.39 is 0 Å². The number of Topliss-reactive ketones (excluding diaryl/α,β-unsaturated/α-hetero) is 1. The van der Waals surface area contributed by atoms with Crippen molar-refractivity contribution in [1.29, 1.82) is 0 Å². The molecule has 0 saturated heterocycles. The largest absolute Gasteiger partial charge is 0.374 e. The van der Waals surface area contributed by atoms with Crippen LogP contribution >= 0.6 is 0 Å². The van der Waals surface area contributed by atoms with Crippen LogP contribution in [-0.4, -0.2) is 11.9 Å². The minimum Gasteiger partial charge on any atom is -0.374 e. The topological polar surface area (TPSA) is 26.3 Å². The third kappa shape index (κ3) is 1.78. The number of hydrogen-bond donors (Lipinski definition) is 0. The highest BCUT2D eigenvalue weighted by Crippen LogP contribution is 2.45. The average Bonchev–Trinajstić information content (AvgIpc) is 2.65. The van der Waals surface area contributed by atoms with Crippen LogP contribution in [0.5, 0.6) is 0 Å². The number of carbonyl (C=O) groups excluding carboxylic acids is 1. The summed E-state index contributed by atoms with van der Waals surface area (Å²) in [5, 5.41) is 0. The summed E-state index contributed by atoms with van der Waals surface area (Å²) in [6.45, 7) is 0.680. The molecule has 0 N–H and O–H groups in total. The molecule has 0 spiro atoms. The van der Waals surface area contributed by atoms with Crippen LogP contribution in [0.15, 0.2) is 30.3 Å². The van der Waals surface area contributed by atoms with Gasteiger partial charge in [-0.15, -0.1) is 0 Å². The van der Waals surface area contributed by atoms with E-state index in [4.69, 9.17) is 4.74 Å². The van der Waals surface area contributed by atoms with Crippen LogP contribution in [0, 0.1) is 11.8 Å². The summed E-state index contributed by atoms with van der Waals surface area (Å²) in [5.41, 5.74) is 1.22. The Bertz CT molecular complexity index is 385. The minimum atomic E-state index is 0.307. The Morgan fingerprint density at radius 3 is 2.69 bits per heavy atom. The Hall–Kier alpha value is -1.15. The summed E-state index contributed by atoms with van der Waals surface area (Å²) < 4.78 is 5.87. The molecule has 2 fully saturated rings. The van der Waals surface area contributed by atoms with Gasteiger partial charge >= 0.3 is 0 Å². The van der Waals surface area contributed by atoms with Gasteiger partial charge in [-0.05, 0) is 24.3 Å². The first-order valence-electron chi connectivity index (χ1n) is 6.01. The van der Waals surface area contributed by atoms with E-state index in [2.05, 4.69) is 12.1 Å². The molecule has 0 aliphatic heterocycles. The van der Waals surface area contributed by atoms with E-state index in [0.717, 1.165) is 19.3 Å². The van der Waals surface area contributed by atoms with Gasteiger partial charge in [-0.3, -0.25) is 4.79 Å². The molecule has 84 valence electrons. The molecule has 3 atom stereocenters. The first-order valence-corrected chi connectivity index (χ1v) is 6.01. The van der Waals surface area contributed by atoms with Crippen LogP contribution in [0.4, 0.5) is 0 Å². The zero-order chi connectivity index (χ0) is 11.0. The third-order valence-corrected chi connectivity index (χ3v) is 3.86. The summed E-state index contributed by atoms with van der Waals surface area (Å²) in [5.74, 6) is 1.42. The van der Waals surface area contributed by atoms with Gasteiger partial charge in [0.25, 0.3) is 0 Å². The molecular formula is C14H16O2. The maximum Gasteiger partial charge on any atom is 0.136 e. The van der Waals surface area contributed by atoms with Crippen molar-refractivity contribution in [1.82, 2.24) is 0 Å². The molecule has 0 aromatic heterocycles. The Kier molecular flexibility index (Phi) is 2.52. The molecule has 0 radical (unpaired) electrons. The lowest BCUT2D eigenvalue weighted by Crippen LogP contribution is -2.32. The zero-order valence-corrected chi connectivity index (χ0v) is 9.26. The molecule has 0 bridgehead atoms. The number of rotatable bonds is 3. The lowest BCUT2D eigenvalue weighted by atomic mass is 9.75. The molecule has 2 nitrogen and oxygen atoms in total. The standard InChI is InChI=1S/C14H16O2/c15-14-7-11-6-12(8-13(11)14)16-9-10-4-2-1-3-5-10/h1-5,11-13H,6-9H2/t11-,12?,13-/m0/s1. The zero-order valence-electron chi connectivity index (χ0n) is 9.26. The van der Waals surface area contributed by atoms with Crippen LogP contribution < -0.4 is 0 Å². The van der Waals surface area contributed by atoms with Crippen LogP contribution in [0.25, 0.3) is 0 Å². The molecule has 2 saturated carbocycles. The van der Waals surface area contributed by atoms with E-state index in [1.54, 1.807) is 0 Å². The van der Waals surface area contributed by atoms with Gasteiger partial charge in [0.05, 0.1) is 12.7 Å². The Balaban J connectivity index is 1.52. The van der Waals surface area contributed by atoms with Crippen LogP contribution in [-0.2, 0) is 16.1 Å². The van der Waals surface area contributed by atoms with Gasteiger partial charge in [-0.2, -0.15) is 0 Å². The first-order chi connectivity index (χ1) is 7.83. The lowest BCUT2D eigenvalue weighted by Gasteiger charge is -2.27. The Morgan fingerprint density at radius 1 is 1.19 bits per heavy atom. The number of ketones is 1. The fourth-order valence-corrected chi connectivity index (χ4v) is 2.87. The molecule has 16 heavy (non-hydrogen) atoms. The summed E-state index contributed by atoms with van der Waals surface area (Å²) in [7, 11) is 0. The predicted molar refractivity (Wildman–Crippen MR) is 60.9 cm³/mol. The molecular weight excluding hydrogens is 200 g/mol. The predicted octanol–water partition coefficient (Wildman–Crippen LogP) is 2.57. The number of benzene rings is 1. The Labute approximate surface area is 95.6 Å². The van der Waals surface area contributed by atoms with Gasteiger partial charge < -0.3 is 4.74 Å². The van der Waals surface area contributed by atoms with E-state index in [-0.39, 0.29) is 0 Å². The summed E-state index contributed by atoms with van der Waals surface area (Å²) in [4.78, 5) is 11.3. The average molecular weight is 216 g/mol. The van der Waals surface area contributed by atoms with Gasteiger partial charge in [-0.1, -0.05) is 30.3 Å². The van der Waals surface area contributed by atoms with Crippen molar-refractivity contribution in [3.05, 3.63) is 35.9 Å². The van der Waals surface area contributed by atoms with Gasteiger partial charge in [0, 0.05) is 12.3 Å². The maximum absolute atomic E-state index is 11.3. The van der Waals surface area contributed by atoms with E-state index in [0.29, 0.717) is 30.3 Å². The number of fused-ring (bicyclic) bond motifs is 1. The van der Waals surface area contributed by atoms with E-state index in [1.807, 2.05) is 18.2 Å². The lowest BCUT2D eigenvalue weighted by molar-refractivity contribution is -0.132. The van der Waals surface area contributed by atoms with Crippen LogP contribution in [0.1, 0.15) is 24.8 Å². The second-order valence-corrected chi connectivity index (χ2v) is 4.93. The summed E-state index contributed by atoms with van der Waals surface area (Å²) in [6, 6.07) is 10.2. The van der Waals surface area contributed by atoms with Crippen molar-refractivity contribution < 1.29 is 9.53 Å². The van der Waals surface area contributed by atoms with Crippen molar-refractivity contribution in [3.8, 4) is 0 Å². The van der Waals surface area contributed by atoms with Gasteiger partial charge in [-0.25, -0.2) is 0 Å². The van der Waals surface area contributed by atoms with Crippen molar-refractivity contribution in [2.45, 2.75) is 32.0 Å². The normalized spacial score (nSPS) is 32.2. The van der Waals surface area contributed by atoms with Gasteiger partial charge in [0.1, 0.15) is 5.78 Å². The second-order valence-electron chi connectivity index (χ2n) is 4.93. The molecule has 1 aromatic carbocycles. The SMILES string of the molecule is O=C1C[C@@H]2CC(OCc3ccccc3)C[C@H]12. The van der Waals surface area contributed by atoms with Crippen molar-refractivity contribution >= 4 is 5.78 Å². The number of hydrogen-bond acceptors (Lipinski definition) is 2. The minimum absolute atomic E-state index is 0.307. The molecule has 0 heterocycles. The molecule has 2 heteroatoms. The van der Waals surface area contributed by atoms with Crippen LogP contribution in [0.2, 0.25) is 0 Å². The number of carbonyl (C=O) groups is 1. The third-order valence-electron chi connectivity index (χ3n) is 3.86. The fourth-order valence-electron chi connectivity index (χ4n) is 2.87. The van der Waals surface area contributed by atoms with Crippen molar-refractivity contribution in [2.24, 2.45) is 11.8 Å². The highest BCUT2D eigenvalue weighted by molar-refractivity contribution is 5.87. The first kappa shape index (κ1) is 10.0.